The lowest BCUT2D eigenvalue weighted by Crippen LogP contribution is -2.02. The quantitative estimate of drug-likeness (QED) is 0.623. The molecule has 15 heavy (non-hydrogen) atoms. The molecule has 0 heterocycles. The smallest absolute Gasteiger partial charge is 0.0723 e. The van der Waals surface area contributed by atoms with E-state index in [0.717, 1.165) is 32.1 Å². The van der Waals surface area contributed by atoms with Crippen molar-refractivity contribution in [1.29, 1.82) is 0 Å². The lowest BCUT2D eigenvalue weighted by atomic mass is 10.1. The molecule has 0 bridgehead atoms. The van der Waals surface area contributed by atoms with Gasteiger partial charge < -0.3 is 5.11 Å². The fourth-order valence-corrected chi connectivity index (χ4v) is 1.50. The second-order valence-electron chi connectivity index (χ2n) is 4.54. The topological polar surface area (TPSA) is 20.2 Å². The minimum Gasteiger partial charge on any atom is -0.389 e. The van der Waals surface area contributed by atoms with Gasteiger partial charge in [-0.05, 0) is 40.0 Å². The molecule has 0 rings (SSSR count). The van der Waals surface area contributed by atoms with Crippen LogP contribution in [-0.4, -0.2) is 11.2 Å². The Morgan fingerprint density at radius 2 is 1.93 bits per heavy atom. The first-order valence-electron chi connectivity index (χ1n) is 6.05. The van der Waals surface area contributed by atoms with E-state index in [2.05, 4.69) is 33.8 Å². The SMILES string of the molecule is CCCCC(O)/C=C(\C)CCC=C(C)C. The predicted octanol–water partition coefficient (Wildman–Crippen LogP) is 4.23. The van der Waals surface area contributed by atoms with E-state index in [1.807, 2.05) is 6.08 Å². The molecule has 0 aliphatic carbocycles. The Bertz CT molecular complexity index is 209. The summed E-state index contributed by atoms with van der Waals surface area (Å²) in [6, 6.07) is 0. The molecule has 0 aromatic heterocycles. The van der Waals surface area contributed by atoms with Gasteiger partial charge in [-0.25, -0.2) is 0 Å². The Hall–Kier alpha value is -0.560. The maximum Gasteiger partial charge on any atom is 0.0723 e. The van der Waals surface area contributed by atoms with Gasteiger partial charge in [0.2, 0.25) is 0 Å². The maximum atomic E-state index is 9.67. The fraction of sp³-hybridized carbons (Fsp3) is 0.714. The maximum absolute atomic E-state index is 9.67. The van der Waals surface area contributed by atoms with Gasteiger partial charge in [-0.1, -0.05) is 43.1 Å². The molecule has 1 nitrogen and oxygen atoms in total. The molecule has 1 heteroatoms. The van der Waals surface area contributed by atoms with Crippen LogP contribution in [0, 0.1) is 0 Å². The molecule has 0 fully saturated rings. The molecular weight excluding hydrogens is 184 g/mol. The summed E-state index contributed by atoms with van der Waals surface area (Å²) in [6.07, 6.45) is 9.33. The van der Waals surface area contributed by atoms with E-state index in [1.54, 1.807) is 0 Å². The monoisotopic (exact) mass is 210 g/mol. The highest BCUT2D eigenvalue weighted by Crippen LogP contribution is 2.10. The van der Waals surface area contributed by atoms with Gasteiger partial charge in [-0.3, -0.25) is 0 Å². The van der Waals surface area contributed by atoms with Crippen LogP contribution in [0.2, 0.25) is 0 Å². The highest BCUT2D eigenvalue weighted by Gasteiger charge is 1.99. The zero-order valence-electron chi connectivity index (χ0n) is 10.7. The predicted molar refractivity (Wildman–Crippen MR) is 68.0 cm³/mol. The highest BCUT2D eigenvalue weighted by molar-refractivity contribution is 5.04. The lowest BCUT2D eigenvalue weighted by molar-refractivity contribution is 0.208. The van der Waals surface area contributed by atoms with Crippen molar-refractivity contribution < 1.29 is 5.11 Å². The van der Waals surface area contributed by atoms with Crippen LogP contribution in [-0.2, 0) is 0 Å². The number of allylic oxidation sites excluding steroid dienone is 3. The molecule has 1 atom stereocenters. The van der Waals surface area contributed by atoms with Crippen LogP contribution in [0.5, 0.6) is 0 Å². The summed E-state index contributed by atoms with van der Waals surface area (Å²) in [5.41, 5.74) is 2.67. The van der Waals surface area contributed by atoms with Gasteiger partial charge in [0, 0.05) is 0 Å². The second-order valence-corrected chi connectivity index (χ2v) is 4.54. The molecule has 1 N–H and O–H groups in total. The second kappa shape index (κ2) is 8.72. The van der Waals surface area contributed by atoms with Crippen molar-refractivity contribution in [3.8, 4) is 0 Å². The van der Waals surface area contributed by atoms with Crippen LogP contribution >= 0.6 is 0 Å². The van der Waals surface area contributed by atoms with E-state index in [1.165, 1.54) is 11.1 Å². The summed E-state index contributed by atoms with van der Waals surface area (Å²) in [5.74, 6) is 0. The van der Waals surface area contributed by atoms with E-state index in [-0.39, 0.29) is 6.10 Å². The number of rotatable bonds is 7. The number of aliphatic hydroxyl groups is 1. The van der Waals surface area contributed by atoms with E-state index in [0.29, 0.717) is 0 Å². The van der Waals surface area contributed by atoms with Crippen molar-refractivity contribution in [1.82, 2.24) is 0 Å². The summed E-state index contributed by atoms with van der Waals surface area (Å²) in [4.78, 5) is 0. The van der Waals surface area contributed by atoms with E-state index < -0.39 is 0 Å². The van der Waals surface area contributed by atoms with Crippen molar-refractivity contribution in [2.45, 2.75) is 65.9 Å². The number of aliphatic hydroxyl groups excluding tert-OH is 1. The third-order valence-electron chi connectivity index (χ3n) is 2.42. The van der Waals surface area contributed by atoms with Crippen molar-refractivity contribution in [2.75, 3.05) is 0 Å². The van der Waals surface area contributed by atoms with E-state index in [9.17, 15) is 5.11 Å². The van der Waals surface area contributed by atoms with E-state index >= 15 is 0 Å². The molecule has 1 unspecified atom stereocenters. The van der Waals surface area contributed by atoms with Crippen LogP contribution in [0.1, 0.15) is 59.8 Å². The Balaban J connectivity index is 3.81. The minimum atomic E-state index is -0.239. The summed E-state index contributed by atoms with van der Waals surface area (Å²) in [6.45, 7) is 8.50. The highest BCUT2D eigenvalue weighted by atomic mass is 16.3. The first-order valence-corrected chi connectivity index (χ1v) is 6.05. The van der Waals surface area contributed by atoms with Crippen LogP contribution in [0.15, 0.2) is 23.3 Å². The fourth-order valence-electron chi connectivity index (χ4n) is 1.50. The zero-order valence-corrected chi connectivity index (χ0v) is 10.7. The van der Waals surface area contributed by atoms with Crippen LogP contribution < -0.4 is 0 Å². The average Bonchev–Trinajstić information content (AvgIpc) is 2.14. The Kier molecular flexibility index (Phi) is 8.40. The van der Waals surface area contributed by atoms with Crippen LogP contribution in [0.25, 0.3) is 0 Å². The lowest BCUT2D eigenvalue weighted by Gasteiger charge is -2.06. The van der Waals surface area contributed by atoms with Gasteiger partial charge in [-0.2, -0.15) is 0 Å². The molecule has 0 saturated heterocycles. The molecule has 0 aliphatic rings. The van der Waals surface area contributed by atoms with Crippen LogP contribution in [0.4, 0.5) is 0 Å². The summed E-state index contributed by atoms with van der Waals surface area (Å²) in [5, 5.41) is 9.67. The van der Waals surface area contributed by atoms with Gasteiger partial charge in [0.15, 0.2) is 0 Å². The third-order valence-corrected chi connectivity index (χ3v) is 2.42. The van der Waals surface area contributed by atoms with Gasteiger partial charge >= 0.3 is 0 Å². The van der Waals surface area contributed by atoms with Gasteiger partial charge in [0.1, 0.15) is 0 Å². The molecule has 0 spiro atoms. The average molecular weight is 210 g/mol. The minimum absolute atomic E-state index is 0.239. The standard InChI is InChI=1S/C14H26O/c1-5-6-10-14(15)11-13(4)9-7-8-12(2)3/h8,11,14-15H,5-7,9-10H2,1-4H3/b13-11+. The third kappa shape index (κ3) is 9.74. The molecule has 0 amide bonds. The normalized spacial score (nSPS) is 13.8. The van der Waals surface area contributed by atoms with Gasteiger partial charge in [-0.15, -0.1) is 0 Å². The van der Waals surface area contributed by atoms with Gasteiger partial charge in [0.25, 0.3) is 0 Å². The molecule has 0 saturated carbocycles. The largest absolute Gasteiger partial charge is 0.389 e. The molecule has 0 aliphatic heterocycles. The van der Waals surface area contributed by atoms with Crippen molar-refractivity contribution in [2.24, 2.45) is 0 Å². The summed E-state index contributed by atoms with van der Waals surface area (Å²) < 4.78 is 0. The molecule has 88 valence electrons. The Labute approximate surface area is 94.9 Å². The molecule has 0 aromatic rings. The van der Waals surface area contributed by atoms with Crippen molar-refractivity contribution in [3.05, 3.63) is 23.3 Å². The Morgan fingerprint density at radius 1 is 1.27 bits per heavy atom. The molecule has 0 aromatic carbocycles. The number of hydrogen-bond donors (Lipinski definition) is 1. The van der Waals surface area contributed by atoms with Gasteiger partial charge in [0.05, 0.1) is 6.10 Å². The number of unbranched alkanes of at least 4 members (excludes halogenated alkanes) is 1. The molecule has 0 radical (unpaired) electrons. The zero-order chi connectivity index (χ0) is 11.7. The summed E-state index contributed by atoms with van der Waals surface area (Å²) >= 11 is 0. The van der Waals surface area contributed by atoms with Crippen molar-refractivity contribution in [3.63, 3.8) is 0 Å². The van der Waals surface area contributed by atoms with E-state index in [4.69, 9.17) is 0 Å². The Morgan fingerprint density at radius 3 is 2.47 bits per heavy atom. The van der Waals surface area contributed by atoms with Crippen LogP contribution in [0.3, 0.4) is 0 Å². The first-order chi connectivity index (χ1) is 7.06. The van der Waals surface area contributed by atoms with Crippen molar-refractivity contribution >= 4 is 0 Å². The molecular formula is C14H26O. The summed E-state index contributed by atoms with van der Waals surface area (Å²) in [7, 11) is 0. The number of hydrogen-bond acceptors (Lipinski definition) is 1. The first kappa shape index (κ1) is 14.4.